The average molecular weight is 317 g/mol. The molecule has 0 unspecified atom stereocenters. The smallest absolute Gasteiger partial charge is 0.266 e. The summed E-state index contributed by atoms with van der Waals surface area (Å²) in [6.07, 6.45) is 5.25. The van der Waals surface area contributed by atoms with Crippen LogP contribution >= 0.6 is 0 Å². The van der Waals surface area contributed by atoms with Gasteiger partial charge in [0, 0.05) is 31.1 Å². The minimum absolute atomic E-state index is 0.148. The number of nitrogens with zero attached hydrogens (tertiary/aromatic N) is 5. The third-order valence-electron chi connectivity index (χ3n) is 3.98. The van der Waals surface area contributed by atoms with Crippen LogP contribution < -0.4 is 5.56 Å². The molecule has 0 bridgehead atoms. The van der Waals surface area contributed by atoms with Crippen LogP contribution in [-0.4, -0.2) is 24.4 Å². The molecular weight excluding hydrogens is 302 g/mol. The average Bonchev–Trinajstić information content (AvgIpc) is 2.97. The second-order valence-electron chi connectivity index (χ2n) is 5.68. The van der Waals surface area contributed by atoms with Gasteiger partial charge in [0.25, 0.3) is 5.56 Å². The van der Waals surface area contributed by atoms with E-state index in [1.165, 1.54) is 16.3 Å². The summed E-state index contributed by atoms with van der Waals surface area (Å²) in [5, 5.41) is 9.08. The van der Waals surface area contributed by atoms with Gasteiger partial charge >= 0.3 is 0 Å². The van der Waals surface area contributed by atoms with E-state index >= 15 is 0 Å². The lowest BCUT2D eigenvalue weighted by molar-refractivity contribution is 0.712. The Balaban J connectivity index is 2.04. The number of rotatable bonds is 2. The molecule has 0 aliphatic rings. The van der Waals surface area contributed by atoms with E-state index in [-0.39, 0.29) is 5.56 Å². The fraction of sp³-hybridized carbons (Fsp3) is 0.111. The van der Waals surface area contributed by atoms with E-state index in [4.69, 9.17) is 5.10 Å². The molecule has 24 heavy (non-hydrogen) atoms. The van der Waals surface area contributed by atoms with Gasteiger partial charge in [-0.2, -0.15) is 10.2 Å². The first-order valence-corrected chi connectivity index (χ1v) is 7.57. The molecule has 0 aliphatic carbocycles. The highest BCUT2D eigenvalue weighted by atomic mass is 16.1. The SMILES string of the molecule is Cc1ccc(-c2nn3ccncc3c2-c2ccc(=O)n(C)n2)cc1. The van der Waals surface area contributed by atoms with E-state index in [9.17, 15) is 4.79 Å². The molecule has 0 N–H and O–H groups in total. The van der Waals surface area contributed by atoms with Crippen molar-refractivity contribution in [3.05, 3.63) is 70.9 Å². The zero-order chi connectivity index (χ0) is 16.7. The highest BCUT2D eigenvalue weighted by Gasteiger charge is 2.18. The molecule has 0 saturated heterocycles. The van der Waals surface area contributed by atoms with Gasteiger partial charge in [0.2, 0.25) is 0 Å². The number of fused-ring (bicyclic) bond motifs is 1. The molecule has 0 radical (unpaired) electrons. The lowest BCUT2D eigenvalue weighted by atomic mass is 10.0. The molecule has 6 heteroatoms. The van der Waals surface area contributed by atoms with Crippen LogP contribution in [0.15, 0.2) is 59.8 Å². The van der Waals surface area contributed by atoms with Gasteiger partial charge in [-0.25, -0.2) is 9.20 Å². The van der Waals surface area contributed by atoms with Crippen molar-refractivity contribution in [3.8, 4) is 22.5 Å². The summed E-state index contributed by atoms with van der Waals surface area (Å²) in [6.45, 7) is 2.05. The first-order valence-electron chi connectivity index (χ1n) is 7.57. The van der Waals surface area contributed by atoms with E-state index in [0.717, 1.165) is 22.3 Å². The van der Waals surface area contributed by atoms with E-state index in [0.29, 0.717) is 5.69 Å². The largest absolute Gasteiger partial charge is 0.268 e. The first kappa shape index (κ1) is 14.3. The summed E-state index contributed by atoms with van der Waals surface area (Å²) in [7, 11) is 1.64. The summed E-state index contributed by atoms with van der Waals surface area (Å²) < 4.78 is 3.11. The normalized spacial score (nSPS) is 11.1. The Kier molecular flexibility index (Phi) is 3.23. The summed E-state index contributed by atoms with van der Waals surface area (Å²) >= 11 is 0. The Morgan fingerprint density at radius 1 is 1.00 bits per heavy atom. The van der Waals surface area contributed by atoms with Crippen LogP contribution in [0.4, 0.5) is 0 Å². The number of hydrogen-bond donors (Lipinski definition) is 0. The van der Waals surface area contributed by atoms with Gasteiger partial charge in [-0.15, -0.1) is 0 Å². The topological polar surface area (TPSA) is 65.1 Å². The zero-order valence-corrected chi connectivity index (χ0v) is 13.3. The van der Waals surface area contributed by atoms with Gasteiger partial charge < -0.3 is 0 Å². The summed E-state index contributed by atoms with van der Waals surface area (Å²) in [5.74, 6) is 0. The van der Waals surface area contributed by atoms with Crippen molar-refractivity contribution in [2.75, 3.05) is 0 Å². The van der Waals surface area contributed by atoms with Crippen molar-refractivity contribution < 1.29 is 0 Å². The van der Waals surface area contributed by atoms with Crippen molar-refractivity contribution in [1.82, 2.24) is 24.4 Å². The minimum Gasteiger partial charge on any atom is -0.268 e. The van der Waals surface area contributed by atoms with Gasteiger partial charge in [-0.05, 0) is 13.0 Å². The molecule has 6 nitrogen and oxygen atoms in total. The van der Waals surface area contributed by atoms with Crippen LogP contribution in [0.3, 0.4) is 0 Å². The van der Waals surface area contributed by atoms with Crippen LogP contribution in [0.2, 0.25) is 0 Å². The highest BCUT2D eigenvalue weighted by molar-refractivity contribution is 5.90. The van der Waals surface area contributed by atoms with Crippen molar-refractivity contribution in [3.63, 3.8) is 0 Å². The summed E-state index contributed by atoms with van der Waals surface area (Å²) in [6, 6.07) is 11.4. The fourth-order valence-electron chi connectivity index (χ4n) is 2.70. The minimum atomic E-state index is -0.148. The van der Waals surface area contributed by atoms with Crippen LogP contribution in [0, 0.1) is 6.92 Å². The fourth-order valence-corrected chi connectivity index (χ4v) is 2.70. The maximum absolute atomic E-state index is 11.7. The molecule has 0 aliphatic heterocycles. The molecule has 118 valence electrons. The molecule has 0 fully saturated rings. The number of aryl methyl sites for hydroxylation is 2. The quantitative estimate of drug-likeness (QED) is 0.570. The zero-order valence-electron chi connectivity index (χ0n) is 13.3. The Labute approximate surface area is 138 Å². The van der Waals surface area contributed by atoms with Crippen molar-refractivity contribution >= 4 is 5.52 Å². The summed E-state index contributed by atoms with van der Waals surface area (Å²) in [4.78, 5) is 15.9. The van der Waals surface area contributed by atoms with Crippen LogP contribution in [0.25, 0.3) is 28.0 Å². The molecule has 0 atom stereocenters. The number of hydrogen-bond acceptors (Lipinski definition) is 4. The van der Waals surface area contributed by atoms with E-state index in [2.05, 4.69) is 22.2 Å². The van der Waals surface area contributed by atoms with Crippen LogP contribution in [-0.2, 0) is 7.05 Å². The Hall–Kier alpha value is -3.28. The standard InChI is InChI=1S/C18H15N5O/c1-12-3-5-13(6-4-12)18-17(14-7-8-16(24)22(2)20-14)15-11-19-9-10-23(15)21-18/h3-11H,1-2H3. The lowest BCUT2D eigenvalue weighted by Gasteiger charge is -2.05. The highest BCUT2D eigenvalue weighted by Crippen LogP contribution is 2.33. The van der Waals surface area contributed by atoms with Gasteiger partial charge in [-0.1, -0.05) is 29.8 Å². The lowest BCUT2D eigenvalue weighted by Crippen LogP contribution is -2.18. The maximum Gasteiger partial charge on any atom is 0.266 e. The third kappa shape index (κ3) is 2.28. The molecule has 0 amide bonds. The molecular formula is C18H15N5O. The van der Waals surface area contributed by atoms with E-state index in [1.54, 1.807) is 36.2 Å². The third-order valence-corrected chi connectivity index (χ3v) is 3.98. The molecule has 4 rings (SSSR count). The van der Waals surface area contributed by atoms with E-state index in [1.807, 2.05) is 19.1 Å². The van der Waals surface area contributed by atoms with Crippen molar-refractivity contribution in [2.24, 2.45) is 7.05 Å². The second-order valence-corrected chi connectivity index (χ2v) is 5.68. The van der Waals surface area contributed by atoms with Gasteiger partial charge in [0.1, 0.15) is 5.69 Å². The van der Waals surface area contributed by atoms with Gasteiger partial charge in [-0.3, -0.25) is 9.78 Å². The number of benzene rings is 1. The Morgan fingerprint density at radius 2 is 1.79 bits per heavy atom. The predicted octanol–water partition coefficient (Wildman–Crippen LogP) is 2.47. The number of aromatic nitrogens is 5. The predicted molar refractivity (Wildman–Crippen MR) is 91.6 cm³/mol. The van der Waals surface area contributed by atoms with Gasteiger partial charge in [0.15, 0.2) is 0 Å². The second kappa shape index (κ2) is 5.42. The summed E-state index contributed by atoms with van der Waals surface area (Å²) in [5.41, 5.74) is 5.25. The molecule has 1 aromatic carbocycles. The first-order chi connectivity index (χ1) is 11.6. The van der Waals surface area contributed by atoms with Crippen LogP contribution in [0.5, 0.6) is 0 Å². The Bertz CT molecular complexity index is 1090. The van der Waals surface area contributed by atoms with Crippen molar-refractivity contribution in [2.45, 2.75) is 6.92 Å². The maximum atomic E-state index is 11.7. The van der Waals surface area contributed by atoms with Gasteiger partial charge in [0.05, 0.1) is 23.0 Å². The molecule has 3 heterocycles. The Morgan fingerprint density at radius 3 is 2.54 bits per heavy atom. The van der Waals surface area contributed by atoms with E-state index < -0.39 is 0 Å². The molecule has 4 aromatic rings. The monoisotopic (exact) mass is 317 g/mol. The molecule has 0 spiro atoms. The van der Waals surface area contributed by atoms with Crippen LogP contribution in [0.1, 0.15) is 5.56 Å². The molecule has 3 aromatic heterocycles. The molecule has 0 saturated carbocycles. The van der Waals surface area contributed by atoms with Crippen molar-refractivity contribution in [1.29, 1.82) is 0 Å².